The highest BCUT2D eigenvalue weighted by molar-refractivity contribution is 6.74. The molecular formula is C27H48O7Si2. The summed E-state index contributed by atoms with van der Waals surface area (Å²) in [6.45, 7) is 21.4. The van der Waals surface area contributed by atoms with Crippen molar-refractivity contribution in [2.45, 2.75) is 109 Å². The fourth-order valence-corrected chi connectivity index (χ4v) is 5.42. The van der Waals surface area contributed by atoms with Crippen LogP contribution in [-0.2, 0) is 13.6 Å². The predicted molar refractivity (Wildman–Crippen MR) is 148 cm³/mol. The number of aliphatic hydroxyl groups is 2. The Balaban J connectivity index is 0.000000362. The summed E-state index contributed by atoms with van der Waals surface area (Å²) in [6, 6.07) is 7.34. The maximum atomic E-state index is 10.7. The van der Waals surface area contributed by atoms with Gasteiger partial charge in [-0.3, -0.25) is 0 Å². The highest BCUT2D eigenvalue weighted by Crippen LogP contribution is 2.41. The van der Waals surface area contributed by atoms with E-state index >= 15 is 0 Å². The van der Waals surface area contributed by atoms with Gasteiger partial charge in [0.1, 0.15) is 30.0 Å². The first-order valence-electron chi connectivity index (χ1n) is 12.6. The topological polar surface area (TPSA) is 102 Å². The van der Waals surface area contributed by atoms with Gasteiger partial charge in [-0.15, -0.1) is 0 Å². The summed E-state index contributed by atoms with van der Waals surface area (Å²) in [5, 5.41) is 18.9. The molecule has 9 heteroatoms. The number of hydrogen-bond donors (Lipinski definition) is 2. The van der Waals surface area contributed by atoms with Gasteiger partial charge in [0.2, 0.25) is 0 Å². The molecule has 3 unspecified atom stereocenters. The van der Waals surface area contributed by atoms with E-state index in [1.54, 1.807) is 12.5 Å². The minimum Gasteiger partial charge on any atom is -0.467 e. The van der Waals surface area contributed by atoms with Gasteiger partial charge in [-0.2, -0.15) is 0 Å². The Kier molecular flexibility index (Phi) is 12.1. The van der Waals surface area contributed by atoms with Crippen LogP contribution in [0.15, 0.2) is 45.6 Å². The lowest BCUT2D eigenvalue weighted by Gasteiger charge is -2.39. The van der Waals surface area contributed by atoms with Crippen molar-refractivity contribution in [2.75, 3.05) is 6.61 Å². The number of rotatable bonds is 11. The van der Waals surface area contributed by atoms with Crippen LogP contribution in [0.5, 0.6) is 0 Å². The highest BCUT2D eigenvalue weighted by Gasteiger charge is 2.41. The van der Waals surface area contributed by atoms with E-state index in [9.17, 15) is 9.90 Å². The molecule has 2 heterocycles. The van der Waals surface area contributed by atoms with Crippen LogP contribution in [0.25, 0.3) is 0 Å². The van der Waals surface area contributed by atoms with Crippen molar-refractivity contribution in [2.24, 2.45) is 0 Å². The van der Waals surface area contributed by atoms with Gasteiger partial charge >= 0.3 is 0 Å². The van der Waals surface area contributed by atoms with Gasteiger partial charge in [-0.05, 0) is 60.5 Å². The first-order chi connectivity index (χ1) is 16.4. The molecule has 2 N–H and O–H groups in total. The molecule has 206 valence electrons. The van der Waals surface area contributed by atoms with Gasteiger partial charge in [0.15, 0.2) is 16.6 Å². The molecule has 2 aromatic heterocycles. The fourth-order valence-electron chi connectivity index (χ4n) is 2.87. The number of hydrogen-bond acceptors (Lipinski definition) is 7. The Labute approximate surface area is 219 Å². The molecule has 0 aliphatic rings. The van der Waals surface area contributed by atoms with Gasteiger partial charge in [-0.25, -0.2) is 0 Å². The normalized spacial score (nSPS) is 15.6. The molecule has 0 amide bonds. The molecule has 3 atom stereocenters. The van der Waals surface area contributed by atoms with Crippen molar-refractivity contribution in [1.82, 2.24) is 0 Å². The molecule has 0 fully saturated rings. The Morgan fingerprint density at radius 1 is 0.861 bits per heavy atom. The molecule has 2 aromatic rings. The zero-order valence-corrected chi connectivity index (χ0v) is 25.8. The first-order valence-corrected chi connectivity index (χ1v) is 18.4. The zero-order valence-electron chi connectivity index (χ0n) is 23.8. The van der Waals surface area contributed by atoms with E-state index in [1.165, 1.54) is 0 Å². The molecule has 0 spiro atoms. The number of aldehydes is 1. The highest BCUT2D eigenvalue weighted by atomic mass is 28.4. The summed E-state index contributed by atoms with van der Waals surface area (Å²) in [4.78, 5) is 10.7. The summed E-state index contributed by atoms with van der Waals surface area (Å²) >= 11 is 0. The van der Waals surface area contributed by atoms with E-state index in [0.717, 1.165) is 12.0 Å². The summed E-state index contributed by atoms with van der Waals surface area (Å²) in [7, 11) is -3.84. The third kappa shape index (κ3) is 9.76. The van der Waals surface area contributed by atoms with Crippen LogP contribution in [0.4, 0.5) is 0 Å². The summed E-state index contributed by atoms with van der Waals surface area (Å²) in [6.07, 6.45) is 3.45. The van der Waals surface area contributed by atoms with Crippen molar-refractivity contribution in [1.29, 1.82) is 0 Å². The molecule has 0 aliphatic heterocycles. The van der Waals surface area contributed by atoms with Gasteiger partial charge in [0, 0.05) is 12.8 Å². The van der Waals surface area contributed by atoms with E-state index in [-0.39, 0.29) is 28.9 Å². The predicted octanol–water partition coefficient (Wildman–Crippen LogP) is 7.02. The van der Waals surface area contributed by atoms with Gasteiger partial charge in [0.25, 0.3) is 0 Å². The molecular weight excluding hydrogens is 492 g/mol. The Bertz CT molecular complexity index is 863. The molecule has 2 rings (SSSR count). The quantitative estimate of drug-likeness (QED) is 0.233. The minimum atomic E-state index is -1.96. The SMILES string of the molecule is CC(C)(C)[Si](C)(C)OC(CC(O)CO)c1ccco1.CC(C)(C)[Si](C)(C)OC(CC=O)c1ccco1. The van der Waals surface area contributed by atoms with Crippen molar-refractivity contribution in [3.63, 3.8) is 0 Å². The summed E-state index contributed by atoms with van der Waals surface area (Å²) in [5.74, 6) is 1.44. The third-order valence-corrected chi connectivity index (χ3v) is 16.2. The van der Waals surface area contributed by atoms with E-state index in [0.29, 0.717) is 18.6 Å². The maximum absolute atomic E-state index is 10.7. The van der Waals surface area contributed by atoms with Crippen LogP contribution in [0, 0.1) is 0 Å². The lowest BCUT2D eigenvalue weighted by molar-refractivity contribution is -0.109. The average Bonchev–Trinajstić information content (AvgIpc) is 3.45. The largest absolute Gasteiger partial charge is 0.467 e. The molecule has 0 aliphatic carbocycles. The van der Waals surface area contributed by atoms with E-state index < -0.39 is 22.7 Å². The van der Waals surface area contributed by atoms with Gasteiger partial charge in [-0.1, -0.05) is 41.5 Å². The number of carbonyl (C=O) groups is 1. The van der Waals surface area contributed by atoms with E-state index in [2.05, 4.69) is 67.7 Å². The Morgan fingerprint density at radius 3 is 1.61 bits per heavy atom. The second kappa shape index (κ2) is 13.3. The lowest BCUT2D eigenvalue weighted by Crippen LogP contribution is -2.42. The summed E-state index contributed by atoms with van der Waals surface area (Å²) in [5.41, 5.74) is 0. The van der Waals surface area contributed by atoms with Gasteiger partial charge < -0.3 is 32.7 Å². The Morgan fingerprint density at radius 2 is 1.28 bits per heavy atom. The maximum Gasteiger partial charge on any atom is 0.193 e. The van der Waals surface area contributed by atoms with Crippen molar-refractivity contribution < 1.29 is 32.7 Å². The van der Waals surface area contributed by atoms with Crippen LogP contribution < -0.4 is 0 Å². The monoisotopic (exact) mass is 540 g/mol. The van der Waals surface area contributed by atoms with Crippen molar-refractivity contribution >= 4 is 22.9 Å². The molecule has 0 saturated heterocycles. The first kappa shape index (κ1) is 32.5. The molecule has 0 radical (unpaired) electrons. The number of carbonyl (C=O) groups excluding carboxylic acids is 1. The van der Waals surface area contributed by atoms with Crippen molar-refractivity contribution in [3.8, 4) is 0 Å². The molecule has 0 bridgehead atoms. The van der Waals surface area contributed by atoms with Crippen LogP contribution in [0.3, 0.4) is 0 Å². The van der Waals surface area contributed by atoms with E-state index in [4.69, 9.17) is 22.8 Å². The van der Waals surface area contributed by atoms with Crippen LogP contribution in [0.1, 0.15) is 78.1 Å². The van der Waals surface area contributed by atoms with Crippen molar-refractivity contribution in [3.05, 3.63) is 48.3 Å². The van der Waals surface area contributed by atoms with Crippen LogP contribution in [0.2, 0.25) is 36.3 Å². The minimum absolute atomic E-state index is 0.0853. The molecule has 36 heavy (non-hydrogen) atoms. The fraction of sp³-hybridized carbons (Fsp3) is 0.667. The second-order valence-corrected chi connectivity index (χ2v) is 21.8. The number of furan rings is 2. The van der Waals surface area contributed by atoms with Gasteiger partial charge in [0.05, 0.1) is 25.2 Å². The average molecular weight is 541 g/mol. The lowest BCUT2D eigenvalue weighted by atomic mass is 10.1. The summed E-state index contributed by atoms with van der Waals surface area (Å²) < 4.78 is 23.2. The number of aliphatic hydroxyl groups excluding tert-OH is 2. The van der Waals surface area contributed by atoms with Crippen LogP contribution >= 0.6 is 0 Å². The second-order valence-electron chi connectivity index (χ2n) is 12.2. The molecule has 0 aromatic carbocycles. The smallest absolute Gasteiger partial charge is 0.193 e. The van der Waals surface area contributed by atoms with E-state index in [1.807, 2.05) is 24.3 Å². The standard InChI is InChI=1S/C14H26O4Si.C13H22O3Si/c1-14(2,3)19(4,5)18-13(9-11(16)10-15)12-7-6-8-17-12;1-13(2,3)17(4,5)16-12(8-9-14)11-7-6-10-15-11/h6-8,11,13,15-16H,9-10H2,1-5H3;6-7,9-10,12H,8H2,1-5H3. The Hall–Kier alpha value is -1.50. The molecule has 7 nitrogen and oxygen atoms in total. The zero-order chi connectivity index (χ0) is 27.8. The molecule has 0 saturated carbocycles. The third-order valence-electron chi connectivity index (χ3n) is 7.21. The van der Waals surface area contributed by atoms with Crippen LogP contribution in [-0.4, -0.2) is 45.8 Å².